The molecule has 1 saturated heterocycles. The number of rotatable bonds is 7. The molecule has 26 heavy (non-hydrogen) atoms. The van der Waals surface area contributed by atoms with Gasteiger partial charge in [0.05, 0.1) is 6.04 Å². The molecular weight excluding hydrogens is 362 g/mol. The van der Waals surface area contributed by atoms with Gasteiger partial charge in [0.25, 0.3) is 0 Å². The van der Waals surface area contributed by atoms with Crippen LogP contribution in [-0.4, -0.2) is 22.1 Å². The molecule has 1 heterocycles. The van der Waals surface area contributed by atoms with Crippen molar-refractivity contribution in [1.29, 1.82) is 0 Å². The lowest BCUT2D eigenvalue weighted by atomic mass is 10.00. The number of hydrogen-bond donors (Lipinski definition) is 2. The summed E-state index contributed by atoms with van der Waals surface area (Å²) in [6.45, 7) is 0. The lowest BCUT2D eigenvalue weighted by Crippen LogP contribution is -2.11. The third-order valence-corrected chi connectivity index (χ3v) is 7.22. The molecule has 0 aliphatic carbocycles. The van der Waals surface area contributed by atoms with Gasteiger partial charge in [0.2, 0.25) is 0 Å². The normalized spacial score (nSPS) is 16.2. The van der Waals surface area contributed by atoms with E-state index in [2.05, 4.69) is 24.3 Å². The van der Waals surface area contributed by atoms with Crippen LogP contribution in [0.25, 0.3) is 0 Å². The summed E-state index contributed by atoms with van der Waals surface area (Å²) in [5.74, 6) is 0.609. The average molecular weight is 390 g/mol. The first-order valence-electron chi connectivity index (χ1n) is 9.02. The van der Waals surface area contributed by atoms with Crippen molar-refractivity contribution < 1.29 is 9.90 Å². The van der Waals surface area contributed by atoms with E-state index in [0.717, 1.165) is 29.2 Å². The largest absolute Gasteiger partial charge is 0.481 e. The minimum absolute atomic E-state index is 0.0163. The first kappa shape index (κ1) is 20.9. The fourth-order valence-corrected chi connectivity index (χ4v) is 5.75. The molecule has 1 atom stereocenters. The minimum Gasteiger partial charge on any atom is -0.481 e. The quantitative estimate of drug-likeness (QED) is 0.482. The maximum atomic E-state index is 10.2. The van der Waals surface area contributed by atoms with Crippen LogP contribution in [0.4, 0.5) is 0 Å². The van der Waals surface area contributed by atoms with E-state index in [1.54, 1.807) is 0 Å². The summed E-state index contributed by atoms with van der Waals surface area (Å²) in [5, 5.41) is 9.19. The number of aliphatic carboxylic acids is 1. The molecule has 0 unspecified atom stereocenters. The SMILES string of the molecule is NC(c1ccccc1)c1ccccc1.O=C(O)CCCC[C@@H]1CCSS1. The monoisotopic (exact) mass is 389 g/mol. The first-order chi connectivity index (χ1) is 12.7. The standard InChI is InChI=1S/C13H13N.C8H14O2S2/c14-13(11-7-3-1-4-8-11)12-9-5-2-6-10-12;9-8(10)4-2-1-3-7-5-6-11-12-7/h1-10,13H,14H2;7H,1-6H2,(H,9,10)/t;7-/m.1/s1. The summed E-state index contributed by atoms with van der Waals surface area (Å²) in [4.78, 5) is 10.2. The third kappa shape index (κ3) is 7.85. The Labute approximate surface area is 164 Å². The number of carboxylic acid groups (broad SMARTS) is 1. The number of carboxylic acids is 1. The molecule has 3 rings (SSSR count). The maximum Gasteiger partial charge on any atom is 0.303 e. The predicted octanol–water partition coefficient (Wildman–Crippen LogP) is 5.52. The van der Waals surface area contributed by atoms with E-state index in [1.807, 2.05) is 58.0 Å². The zero-order valence-electron chi connectivity index (χ0n) is 14.9. The van der Waals surface area contributed by atoms with Crippen LogP contribution in [0.3, 0.4) is 0 Å². The van der Waals surface area contributed by atoms with Crippen LogP contribution in [0, 0.1) is 0 Å². The average Bonchev–Trinajstić information content (AvgIpc) is 3.20. The Kier molecular flexibility index (Phi) is 9.67. The number of benzene rings is 2. The van der Waals surface area contributed by atoms with Crippen molar-refractivity contribution >= 4 is 27.6 Å². The number of unbranched alkanes of at least 4 members (excludes halogenated alkanes) is 1. The van der Waals surface area contributed by atoms with Crippen LogP contribution in [-0.2, 0) is 4.79 Å². The molecule has 5 heteroatoms. The molecule has 0 radical (unpaired) electrons. The molecule has 140 valence electrons. The van der Waals surface area contributed by atoms with Crippen LogP contribution in [0.2, 0.25) is 0 Å². The Hall–Kier alpha value is -1.43. The molecule has 1 fully saturated rings. The third-order valence-electron chi connectivity index (χ3n) is 4.21. The summed E-state index contributed by atoms with van der Waals surface area (Å²) in [5.41, 5.74) is 8.42. The van der Waals surface area contributed by atoms with E-state index in [-0.39, 0.29) is 6.04 Å². The van der Waals surface area contributed by atoms with Gasteiger partial charge in [-0.25, -0.2) is 0 Å². The molecule has 0 bridgehead atoms. The zero-order valence-corrected chi connectivity index (χ0v) is 16.6. The Morgan fingerprint density at radius 3 is 2.08 bits per heavy atom. The lowest BCUT2D eigenvalue weighted by molar-refractivity contribution is -0.137. The van der Waals surface area contributed by atoms with Gasteiger partial charge < -0.3 is 10.8 Å². The number of hydrogen-bond acceptors (Lipinski definition) is 4. The lowest BCUT2D eigenvalue weighted by Gasteiger charge is -2.11. The van der Waals surface area contributed by atoms with Crippen molar-refractivity contribution in [1.82, 2.24) is 0 Å². The molecule has 1 aliphatic rings. The zero-order chi connectivity index (χ0) is 18.6. The highest BCUT2D eigenvalue weighted by molar-refractivity contribution is 8.77. The van der Waals surface area contributed by atoms with Crippen molar-refractivity contribution in [3.63, 3.8) is 0 Å². The van der Waals surface area contributed by atoms with Gasteiger partial charge in [-0.1, -0.05) is 88.7 Å². The van der Waals surface area contributed by atoms with E-state index in [1.165, 1.54) is 18.6 Å². The van der Waals surface area contributed by atoms with Crippen molar-refractivity contribution in [2.45, 2.75) is 43.4 Å². The smallest absolute Gasteiger partial charge is 0.303 e. The fraction of sp³-hybridized carbons (Fsp3) is 0.381. The highest BCUT2D eigenvalue weighted by atomic mass is 33.1. The highest BCUT2D eigenvalue weighted by Gasteiger charge is 2.15. The second kappa shape index (κ2) is 12.0. The van der Waals surface area contributed by atoms with Crippen LogP contribution in [0.1, 0.15) is 49.3 Å². The topological polar surface area (TPSA) is 63.3 Å². The van der Waals surface area contributed by atoms with Crippen molar-refractivity contribution in [2.24, 2.45) is 5.73 Å². The van der Waals surface area contributed by atoms with E-state index >= 15 is 0 Å². The molecule has 1 aliphatic heterocycles. The van der Waals surface area contributed by atoms with Crippen LogP contribution < -0.4 is 5.73 Å². The van der Waals surface area contributed by atoms with E-state index in [9.17, 15) is 4.79 Å². The molecule has 0 spiro atoms. The van der Waals surface area contributed by atoms with Gasteiger partial charge in [0.15, 0.2) is 0 Å². The molecule has 2 aromatic carbocycles. The van der Waals surface area contributed by atoms with Gasteiger partial charge in [0, 0.05) is 17.4 Å². The second-order valence-electron chi connectivity index (χ2n) is 6.27. The van der Waals surface area contributed by atoms with Crippen molar-refractivity contribution in [3.8, 4) is 0 Å². The van der Waals surface area contributed by atoms with Crippen LogP contribution >= 0.6 is 21.6 Å². The summed E-state index contributed by atoms with van der Waals surface area (Å²) in [6, 6.07) is 20.2. The second-order valence-corrected chi connectivity index (χ2v) is 9.05. The summed E-state index contributed by atoms with van der Waals surface area (Å²) < 4.78 is 0. The Balaban J connectivity index is 0.000000190. The van der Waals surface area contributed by atoms with E-state index < -0.39 is 5.97 Å². The van der Waals surface area contributed by atoms with Crippen LogP contribution in [0.5, 0.6) is 0 Å². The van der Waals surface area contributed by atoms with Gasteiger partial charge in [0.1, 0.15) is 0 Å². The summed E-state index contributed by atoms with van der Waals surface area (Å²) in [6.07, 6.45) is 4.76. The van der Waals surface area contributed by atoms with Gasteiger partial charge in [-0.2, -0.15) is 0 Å². The van der Waals surface area contributed by atoms with Gasteiger partial charge >= 0.3 is 5.97 Å². The first-order valence-corrected chi connectivity index (χ1v) is 11.4. The van der Waals surface area contributed by atoms with E-state index in [0.29, 0.717) is 6.42 Å². The van der Waals surface area contributed by atoms with Gasteiger partial charge in [-0.15, -0.1) is 0 Å². The number of nitrogens with two attached hydrogens (primary N) is 1. The number of carbonyl (C=O) groups is 1. The maximum absolute atomic E-state index is 10.2. The molecular formula is C21H27NO2S2. The summed E-state index contributed by atoms with van der Waals surface area (Å²) in [7, 11) is 3.92. The van der Waals surface area contributed by atoms with Crippen molar-refractivity contribution in [3.05, 3.63) is 71.8 Å². The molecule has 0 saturated carbocycles. The molecule has 0 amide bonds. The Morgan fingerprint density at radius 2 is 1.62 bits per heavy atom. The molecule has 0 aromatic heterocycles. The van der Waals surface area contributed by atoms with Crippen molar-refractivity contribution in [2.75, 3.05) is 5.75 Å². The minimum atomic E-state index is -0.663. The Morgan fingerprint density at radius 1 is 1.04 bits per heavy atom. The summed E-state index contributed by atoms with van der Waals surface area (Å²) >= 11 is 0. The van der Waals surface area contributed by atoms with Crippen LogP contribution in [0.15, 0.2) is 60.7 Å². The molecule has 3 N–H and O–H groups in total. The van der Waals surface area contributed by atoms with Gasteiger partial charge in [-0.3, -0.25) is 4.79 Å². The fourth-order valence-electron chi connectivity index (χ4n) is 2.73. The predicted molar refractivity (Wildman–Crippen MR) is 113 cm³/mol. The van der Waals surface area contributed by atoms with Gasteiger partial charge in [-0.05, 0) is 30.4 Å². The molecule has 3 nitrogen and oxygen atoms in total. The molecule has 2 aromatic rings. The van der Waals surface area contributed by atoms with E-state index in [4.69, 9.17) is 10.8 Å². The Bertz CT molecular complexity index is 591. The highest BCUT2D eigenvalue weighted by Crippen LogP contribution is 2.39.